The Morgan fingerprint density at radius 3 is 2.92 bits per heavy atom. The van der Waals surface area contributed by atoms with Crippen LogP contribution in [0.3, 0.4) is 0 Å². The van der Waals surface area contributed by atoms with Gasteiger partial charge in [-0.25, -0.2) is 4.79 Å². The van der Waals surface area contributed by atoms with Crippen LogP contribution in [0.1, 0.15) is 5.56 Å². The first-order valence-corrected chi connectivity index (χ1v) is 4.78. The van der Waals surface area contributed by atoms with Gasteiger partial charge in [0.15, 0.2) is 0 Å². The van der Waals surface area contributed by atoms with Gasteiger partial charge in [-0.15, -0.1) is 0 Å². The number of benzene rings is 1. The first-order chi connectivity index (χ1) is 6.27. The second-order valence-electron chi connectivity index (χ2n) is 2.79. The second kappa shape index (κ2) is 3.26. The maximum atomic E-state index is 10.7. The van der Waals surface area contributed by atoms with E-state index in [0.717, 1.165) is 11.3 Å². The van der Waals surface area contributed by atoms with Crippen molar-refractivity contribution in [2.75, 3.05) is 0 Å². The van der Waals surface area contributed by atoms with Crippen LogP contribution in [0.15, 0.2) is 40.1 Å². The van der Waals surface area contributed by atoms with Crippen LogP contribution in [0, 0.1) is 0 Å². The van der Waals surface area contributed by atoms with Gasteiger partial charge in [0.1, 0.15) is 0 Å². The predicted molar refractivity (Wildman–Crippen MR) is 51.7 cm³/mol. The van der Waals surface area contributed by atoms with Crippen LogP contribution in [-0.2, 0) is 11.2 Å². The molecule has 0 saturated heterocycles. The average Bonchev–Trinajstić information content (AvgIpc) is 2.17. The molecule has 0 aliphatic carbocycles. The molecule has 0 saturated carbocycles. The molecule has 66 valence electrons. The molecule has 2 nitrogen and oxygen atoms in total. The molecule has 1 aromatic carbocycles. The van der Waals surface area contributed by atoms with E-state index in [1.807, 2.05) is 24.3 Å². The maximum absolute atomic E-state index is 10.7. The summed E-state index contributed by atoms with van der Waals surface area (Å²) in [5.41, 5.74) is 1.21. The lowest BCUT2D eigenvalue weighted by atomic mass is 10.1. The van der Waals surface area contributed by atoms with Crippen LogP contribution >= 0.6 is 11.8 Å². The minimum atomic E-state index is -0.834. The van der Waals surface area contributed by atoms with E-state index in [1.165, 1.54) is 17.3 Å². The van der Waals surface area contributed by atoms with Crippen molar-refractivity contribution in [3.8, 4) is 0 Å². The van der Waals surface area contributed by atoms with Crippen molar-refractivity contribution in [3.63, 3.8) is 0 Å². The topological polar surface area (TPSA) is 37.3 Å². The minimum Gasteiger partial charge on any atom is -0.477 e. The van der Waals surface area contributed by atoms with Crippen molar-refractivity contribution in [2.24, 2.45) is 0 Å². The van der Waals surface area contributed by atoms with E-state index in [9.17, 15) is 4.79 Å². The summed E-state index contributed by atoms with van der Waals surface area (Å²) in [7, 11) is 0. The second-order valence-corrected chi connectivity index (χ2v) is 3.87. The first kappa shape index (κ1) is 8.38. The van der Waals surface area contributed by atoms with Gasteiger partial charge in [0.05, 0.1) is 4.91 Å². The molecule has 0 fully saturated rings. The molecule has 13 heavy (non-hydrogen) atoms. The summed E-state index contributed by atoms with van der Waals surface area (Å²) < 4.78 is 0. The van der Waals surface area contributed by atoms with Gasteiger partial charge in [-0.05, 0) is 18.1 Å². The summed E-state index contributed by atoms with van der Waals surface area (Å²) in [5.74, 6) is -0.834. The Bertz CT molecular complexity index is 382. The Kier molecular flexibility index (Phi) is 2.10. The standard InChI is InChI=1S/C10H8O2S/c11-10(12)9-6-5-7-3-1-2-4-8(7)13-9/h1-4,6H,5H2,(H,11,12). The number of fused-ring (bicyclic) bond motifs is 1. The molecule has 1 aliphatic heterocycles. The zero-order chi connectivity index (χ0) is 9.26. The summed E-state index contributed by atoms with van der Waals surface area (Å²) >= 11 is 1.33. The van der Waals surface area contributed by atoms with Crippen molar-refractivity contribution in [3.05, 3.63) is 40.8 Å². The highest BCUT2D eigenvalue weighted by Crippen LogP contribution is 2.34. The van der Waals surface area contributed by atoms with E-state index in [-0.39, 0.29) is 0 Å². The molecule has 0 aromatic heterocycles. The Balaban J connectivity index is 2.33. The predicted octanol–water partition coefficient (Wildman–Crippen LogP) is 2.30. The summed E-state index contributed by atoms with van der Waals surface area (Å²) in [4.78, 5) is 12.2. The summed E-state index contributed by atoms with van der Waals surface area (Å²) in [5, 5.41) is 8.77. The van der Waals surface area contributed by atoms with Crippen LogP contribution in [0.5, 0.6) is 0 Å². The molecular weight excluding hydrogens is 184 g/mol. The number of allylic oxidation sites excluding steroid dienone is 1. The number of thioether (sulfide) groups is 1. The fraction of sp³-hybridized carbons (Fsp3) is 0.100. The normalized spacial score (nSPS) is 14.6. The van der Waals surface area contributed by atoms with Crippen LogP contribution in [0.25, 0.3) is 0 Å². The lowest BCUT2D eigenvalue weighted by molar-refractivity contribution is -0.131. The molecule has 0 radical (unpaired) electrons. The molecule has 1 aliphatic rings. The van der Waals surface area contributed by atoms with E-state index in [1.54, 1.807) is 6.08 Å². The SMILES string of the molecule is O=C(O)C1=CCc2ccccc2S1. The highest BCUT2D eigenvalue weighted by Gasteiger charge is 2.15. The zero-order valence-corrected chi connectivity index (χ0v) is 7.67. The van der Waals surface area contributed by atoms with E-state index in [0.29, 0.717) is 4.91 Å². The summed E-state index contributed by atoms with van der Waals surface area (Å²) in [6, 6.07) is 7.88. The van der Waals surface area contributed by atoms with Crippen molar-refractivity contribution in [2.45, 2.75) is 11.3 Å². The Labute approximate surface area is 80.3 Å². The van der Waals surface area contributed by atoms with Gasteiger partial charge in [0.25, 0.3) is 0 Å². The molecule has 1 heterocycles. The largest absolute Gasteiger partial charge is 0.477 e. The number of carbonyl (C=O) groups is 1. The number of aliphatic carboxylic acids is 1. The maximum Gasteiger partial charge on any atom is 0.342 e. The van der Waals surface area contributed by atoms with E-state index in [4.69, 9.17) is 5.11 Å². The van der Waals surface area contributed by atoms with Crippen LogP contribution in [-0.4, -0.2) is 11.1 Å². The molecule has 0 atom stereocenters. The van der Waals surface area contributed by atoms with Gasteiger partial charge in [-0.1, -0.05) is 36.0 Å². The number of hydrogen-bond acceptors (Lipinski definition) is 2. The van der Waals surface area contributed by atoms with Gasteiger partial charge >= 0.3 is 5.97 Å². The molecule has 0 spiro atoms. The molecule has 2 rings (SSSR count). The highest BCUT2D eigenvalue weighted by molar-refractivity contribution is 8.04. The third-order valence-corrected chi connectivity index (χ3v) is 3.09. The van der Waals surface area contributed by atoms with E-state index >= 15 is 0 Å². The number of carboxylic acid groups (broad SMARTS) is 1. The van der Waals surface area contributed by atoms with Crippen molar-refractivity contribution >= 4 is 17.7 Å². The Morgan fingerprint density at radius 2 is 2.15 bits per heavy atom. The average molecular weight is 192 g/mol. The monoisotopic (exact) mass is 192 g/mol. The zero-order valence-electron chi connectivity index (χ0n) is 6.86. The molecule has 0 bridgehead atoms. The highest BCUT2D eigenvalue weighted by atomic mass is 32.2. The van der Waals surface area contributed by atoms with Crippen LogP contribution < -0.4 is 0 Å². The Hall–Kier alpha value is -1.22. The van der Waals surface area contributed by atoms with Gasteiger partial charge in [0.2, 0.25) is 0 Å². The number of carboxylic acids is 1. The van der Waals surface area contributed by atoms with E-state index < -0.39 is 5.97 Å². The van der Waals surface area contributed by atoms with Gasteiger partial charge in [0, 0.05) is 4.90 Å². The number of rotatable bonds is 1. The van der Waals surface area contributed by atoms with Gasteiger partial charge in [-0.2, -0.15) is 0 Å². The molecule has 1 N–H and O–H groups in total. The van der Waals surface area contributed by atoms with Crippen molar-refractivity contribution in [1.82, 2.24) is 0 Å². The smallest absolute Gasteiger partial charge is 0.342 e. The minimum absolute atomic E-state index is 0.429. The lowest BCUT2D eigenvalue weighted by Gasteiger charge is -2.12. The molecule has 0 unspecified atom stereocenters. The van der Waals surface area contributed by atoms with E-state index in [2.05, 4.69) is 0 Å². The fourth-order valence-electron chi connectivity index (χ4n) is 1.27. The van der Waals surface area contributed by atoms with Crippen molar-refractivity contribution in [1.29, 1.82) is 0 Å². The van der Waals surface area contributed by atoms with Crippen LogP contribution in [0.4, 0.5) is 0 Å². The fourth-order valence-corrected chi connectivity index (χ4v) is 2.19. The molecule has 1 aromatic rings. The number of hydrogen-bond donors (Lipinski definition) is 1. The van der Waals surface area contributed by atoms with Crippen LogP contribution in [0.2, 0.25) is 0 Å². The summed E-state index contributed by atoms with van der Waals surface area (Å²) in [6.07, 6.45) is 2.49. The Morgan fingerprint density at radius 1 is 1.38 bits per heavy atom. The van der Waals surface area contributed by atoms with Gasteiger partial charge in [-0.3, -0.25) is 0 Å². The first-order valence-electron chi connectivity index (χ1n) is 3.96. The molecular formula is C10H8O2S. The third-order valence-electron chi connectivity index (χ3n) is 1.91. The summed E-state index contributed by atoms with van der Waals surface area (Å²) in [6.45, 7) is 0. The third kappa shape index (κ3) is 1.60. The quantitative estimate of drug-likeness (QED) is 0.741. The molecule has 0 amide bonds. The lowest BCUT2D eigenvalue weighted by Crippen LogP contribution is -2.02. The molecule has 3 heteroatoms. The van der Waals surface area contributed by atoms with Gasteiger partial charge < -0.3 is 5.11 Å². The van der Waals surface area contributed by atoms with Crippen molar-refractivity contribution < 1.29 is 9.90 Å².